The molecule has 2 fully saturated rings. The van der Waals surface area contributed by atoms with Gasteiger partial charge in [0.25, 0.3) is 0 Å². The highest BCUT2D eigenvalue weighted by Crippen LogP contribution is 2.45. The zero-order chi connectivity index (χ0) is 20.8. The van der Waals surface area contributed by atoms with Crippen LogP contribution in [0.15, 0.2) is 5.16 Å². The second kappa shape index (κ2) is 7.94. The number of H-pyrrole nitrogens is 1. The van der Waals surface area contributed by atoms with Crippen molar-refractivity contribution in [3.8, 4) is 0 Å². The summed E-state index contributed by atoms with van der Waals surface area (Å²) in [5.41, 5.74) is 2.75. The molecule has 0 spiro atoms. The van der Waals surface area contributed by atoms with E-state index >= 15 is 0 Å². The summed E-state index contributed by atoms with van der Waals surface area (Å²) in [6, 6.07) is -0.0322. The molecule has 1 saturated heterocycles. The van der Waals surface area contributed by atoms with Crippen LogP contribution < -0.4 is 5.59 Å². The molecule has 29 heavy (non-hydrogen) atoms. The number of methoxy groups -OCH3 is 1. The molecule has 1 N–H and O–H groups in total. The number of rotatable bonds is 7. The number of hydrogen-bond acceptors (Lipinski definition) is 8. The molecule has 158 valence electrons. The predicted molar refractivity (Wildman–Crippen MR) is 110 cm³/mol. The first-order valence-electron chi connectivity index (χ1n) is 9.94. The van der Waals surface area contributed by atoms with E-state index in [4.69, 9.17) is 23.9 Å². The first kappa shape index (κ1) is 20.7. The number of aromatic amines is 1. The number of nitrogens with one attached hydrogen (secondary N) is 1. The van der Waals surface area contributed by atoms with Crippen molar-refractivity contribution in [2.45, 2.75) is 68.9 Å². The number of carbonyl (C=O) groups is 1. The van der Waals surface area contributed by atoms with Crippen molar-refractivity contribution in [1.29, 1.82) is 0 Å². The molecule has 3 heterocycles. The number of nitrogens with zero attached hydrogens (tertiary/aromatic N) is 3. The van der Waals surface area contributed by atoms with Crippen LogP contribution in [-0.2, 0) is 23.7 Å². The Morgan fingerprint density at radius 1 is 1.38 bits per heavy atom. The summed E-state index contributed by atoms with van der Waals surface area (Å²) in [6.07, 6.45) is 0.985. The van der Waals surface area contributed by atoms with Crippen molar-refractivity contribution in [3.05, 3.63) is 0 Å². The molecule has 4 rings (SSSR count). The van der Waals surface area contributed by atoms with Gasteiger partial charge in [-0.3, -0.25) is 9.78 Å². The molecule has 4 atom stereocenters. The van der Waals surface area contributed by atoms with Crippen LogP contribution in [0.5, 0.6) is 0 Å². The Morgan fingerprint density at radius 3 is 2.86 bits per heavy atom. The van der Waals surface area contributed by atoms with Gasteiger partial charge in [0.15, 0.2) is 24.4 Å². The van der Waals surface area contributed by atoms with Crippen LogP contribution >= 0.6 is 11.8 Å². The summed E-state index contributed by atoms with van der Waals surface area (Å²) in [5, 5.41) is 4.15. The lowest BCUT2D eigenvalue weighted by atomic mass is 10.0. The zero-order valence-corrected chi connectivity index (χ0v) is 18.2. The third-order valence-corrected chi connectivity index (χ3v) is 6.36. The van der Waals surface area contributed by atoms with Gasteiger partial charge in [-0.2, -0.15) is 0 Å². The van der Waals surface area contributed by atoms with Gasteiger partial charge < -0.3 is 18.9 Å². The fourth-order valence-corrected chi connectivity index (χ4v) is 4.75. The van der Waals surface area contributed by atoms with Gasteiger partial charge in [0.05, 0.1) is 19.3 Å². The number of hydrogen-bond donors (Lipinski definition) is 1. The maximum atomic E-state index is 11.5. The Bertz CT molecular complexity index is 900. The first-order valence-corrected chi connectivity index (χ1v) is 10.9. The van der Waals surface area contributed by atoms with E-state index < -0.39 is 11.8 Å². The van der Waals surface area contributed by atoms with Gasteiger partial charge >= 0.3 is 5.97 Å². The van der Waals surface area contributed by atoms with E-state index in [2.05, 4.69) is 17.0 Å². The van der Waals surface area contributed by atoms with E-state index in [9.17, 15) is 4.79 Å². The molecular weight excluding hydrogens is 395 g/mol. The molecule has 1 aliphatic carbocycles. The van der Waals surface area contributed by atoms with Crippen molar-refractivity contribution < 1.29 is 23.7 Å². The molecule has 0 unspecified atom stereocenters. The highest BCUT2D eigenvalue weighted by atomic mass is 32.2. The van der Waals surface area contributed by atoms with E-state index in [0.29, 0.717) is 6.42 Å². The molecule has 0 radical (unpaired) electrons. The predicted octanol–water partition coefficient (Wildman–Crippen LogP) is 0.543. The van der Waals surface area contributed by atoms with Crippen LogP contribution in [-0.4, -0.2) is 77.1 Å². The summed E-state index contributed by atoms with van der Waals surface area (Å²) in [4.78, 5) is 20.9. The van der Waals surface area contributed by atoms with Crippen LogP contribution in [0, 0.1) is 0 Å². The van der Waals surface area contributed by atoms with E-state index in [1.807, 2.05) is 26.4 Å². The van der Waals surface area contributed by atoms with Crippen molar-refractivity contribution in [2.75, 3.05) is 19.5 Å². The third-order valence-electron chi connectivity index (χ3n) is 5.30. The molecule has 2 aromatic rings. The molecule has 1 saturated carbocycles. The summed E-state index contributed by atoms with van der Waals surface area (Å²) in [7, 11) is 3.33. The lowest BCUT2D eigenvalue weighted by molar-refractivity contribution is -0.173. The third kappa shape index (κ3) is 3.93. The average molecular weight is 422 g/mol. The number of fused-ring (bicyclic) bond motifs is 2. The molecule has 0 aromatic carbocycles. The highest BCUT2D eigenvalue weighted by molar-refractivity contribution is 7.99. The molecule has 0 amide bonds. The molecule has 11 heteroatoms. The number of thioether (sulfide) groups is 1. The van der Waals surface area contributed by atoms with E-state index in [0.717, 1.165) is 34.1 Å². The van der Waals surface area contributed by atoms with Crippen LogP contribution in [0.3, 0.4) is 0 Å². The monoisotopic (exact) mass is 422 g/mol. The average Bonchev–Trinajstić information content (AvgIpc) is 3.14. The molecule has 2 aromatic heterocycles. The van der Waals surface area contributed by atoms with Gasteiger partial charge in [-0.1, -0.05) is 18.7 Å². The Balaban J connectivity index is 1.60. The highest BCUT2D eigenvalue weighted by Gasteiger charge is 2.56. The number of aromatic nitrogens is 4. The van der Waals surface area contributed by atoms with Crippen LogP contribution in [0.25, 0.3) is 11.2 Å². The number of ether oxygens (including phenoxy) is 4. The largest absolute Gasteiger partial charge is 0.467 e. The van der Waals surface area contributed by atoms with Crippen LogP contribution in [0.1, 0.15) is 39.7 Å². The lowest BCUT2D eigenvalue weighted by Crippen LogP contribution is -2.33. The maximum absolute atomic E-state index is 11.5. The quantitative estimate of drug-likeness (QED) is 0.299. The topological polar surface area (TPSA) is 100 Å². The van der Waals surface area contributed by atoms with Crippen molar-refractivity contribution in [2.24, 2.45) is 0 Å². The SMILES string of the molecule is Bc1nc(SCCC)nc2c1[nH]n2[C@@H]1C[C@H](OCC(=O)OC)[C@H]2OC(C)(C)O[C@H]21. The smallest absolute Gasteiger partial charge is 0.331 e. The van der Waals surface area contributed by atoms with Gasteiger partial charge in [-0.05, 0) is 20.3 Å². The summed E-state index contributed by atoms with van der Waals surface area (Å²) in [6.45, 7) is 5.82. The van der Waals surface area contributed by atoms with Gasteiger partial charge in [-0.25, -0.2) is 14.8 Å². The van der Waals surface area contributed by atoms with Crippen LogP contribution in [0.4, 0.5) is 0 Å². The fourth-order valence-electron chi connectivity index (χ4n) is 4.01. The van der Waals surface area contributed by atoms with Gasteiger partial charge in [0.1, 0.15) is 24.3 Å². The second-order valence-electron chi connectivity index (χ2n) is 7.91. The Labute approximate surface area is 174 Å². The van der Waals surface area contributed by atoms with Gasteiger partial charge in [0.2, 0.25) is 0 Å². The zero-order valence-electron chi connectivity index (χ0n) is 17.4. The first-order chi connectivity index (χ1) is 13.8. The van der Waals surface area contributed by atoms with Crippen LogP contribution in [0.2, 0.25) is 0 Å². The summed E-state index contributed by atoms with van der Waals surface area (Å²) < 4.78 is 24.9. The minimum Gasteiger partial charge on any atom is -0.467 e. The summed E-state index contributed by atoms with van der Waals surface area (Å²) >= 11 is 1.66. The fraction of sp³-hybridized carbons (Fsp3) is 0.722. The normalized spacial score (nSPS) is 28.1. The van der Waals surface area contributed by atoms with E-state index in [-0.39, 0.29) is 31.0 Å². The second-order valence-corrected chi connectivity index (χ2v) is 8.98. The molecule has 0 bridgehead atoms. The number of carbonyl (C=O) groups excluding carboxylic acids is 1. The Morgan fingerprint density at radius 2 is 2.14 bits per heavy atom. The minimum atomic E-state index is -0.710. The van der Waals surface area contributed by atoms with Gasteiger partial charge in [-0.15, -0.1) is 0 Å². The van der Waals surface area contributed by atoms with E-state index in [1.165, 1.54) is 7.11 Å². The lowest BCUT2D eigenvalue weighted by Gasteiger charge is -2.28. The molecule has 9 nitrogen and oxygen atoms in total. The number of esters is 1. The van der Waals surface area contributed by atoms with E-state index in [1.54, 1.807) is 11.8 Å². The molecular formula is C18H27BN4O5S. The minimum absolute atomic E-state index is 0.0322. The Hall–Kier alpha value is -1.56. The van der Waals surface area contributed by atoms with Crippen molar-refractivity contribution >= 4 is 42.3 Å². The van der Waals surface area contributed by atoms with Gasteiger partial charge in [0, 0.05) is 17.8 Å². The summed E-state index contributed by atoms with van der Waals surface area (Å²) in [5.74, 6) is -0.135. The molecule has 1 aliphatic heterocycles. The maximum Gasteiger partial charge on any atom is 0.331 e. The molecule has 2 aliphatic rings. The standard InChI is InChI=1S/C18H27BN4O5S/c1-5-6-29-17-20-15(19)12-16(21-17)23(22-12)9-7-10(26-8-11(24)25-4)14-13(9)27-18(2,3)28-14/h9-10,13-14,22H,5-8,19H2,1-4H3/t9-,10+,13+,14-/m1/s1. The Kier molecular flexibility index (Phi) is 5.67. The van der Waals surface area contributed by atoms with Crippen molar-refractivity contribution in [1.82, 2.24) is 19.7 Å². The van der Waals surface area contributed by atoms with Crippen molar-refractivity contribution in [3.63, 3.8) is 0 Å².